The number of carbonyl (C=O) groups is 2. The average Bonchev–Trinajstić information content (AvgIpc) is 3.25. The van der Waals surface area contributed by atoms with Gasteiger partial charge in [-0.15, -0.1) is 0 Å². The normalized spacial score (nSPS) is 12.0. The number of hydrogen-bond donors (Lipinski definition) is 4. The first kappa shape index (κ1) is 64.5. The number of aliphatic carboxylic acids is 2. The summed E-state index contributed by atoms with van der Waals surface area (Å²) in [6, 6.07) is 0. The van der Waals surface area contributed by atoms with Gasteiger partial charge in [0.1, 0.15) is 0 Å². The molecular formula is C54H110O6S. The lowest BCUT2D eigenvalue weighted by atomic mass is 9.94. The maximum absolute atomic E-state index is 9.97. The predicted molar refractivity (Wildman–Crippen MR) is 270 cm³/mol. The van der Waals surface area contributed by atoms with Crippen LogP contribution >= 0.6 is 11.8 Å². The highest BCUT2D eigenvalue weighted by Crippen LogP contribution is 2.21. The van der Waals surface area contributed by atoms with Crippen molar-refractivity contribution in [2.24, 2.45) is 11.8 Å². The minimum atomic E-state index is -0.840. The summed E-state index contributed by atoms with van der Waals surface area (Å²) in [5.74, 6) is 0.453. The van der Waals surface area contributed by atoms with Gasteiger partial charge in [0.25, 0.3) is 0 Å². The first-order valence-corrected chi connectivity index (χ1v) is 28.2. The monoisotopic (exact) mass is 887 g/mol. The van der Waals surface area contributed by atoms with E-state index in [-0.39, 0.29) is 12.8 Å². The van der Waals surface area contributed by atoms with Crippen molar-refractivity contribution in [1.82, 2.24) is 0 Å². The Morgan fingerprint density at radius 3 is 0.672 bits per heavy atom. The Labute approximate surface area is 386 Å². The fraction of sp³-hybridized carbons (Fsp3) is 0.963. The van der Waals surface area contributed by atoms with Crippen LogP contribution in [0.5, 0.6) is 0 Å². The summed E-state index contributed by atoms with van der Waals surface area (Å²) in [7, 11) is 0. The van der Waals surface area contributed by atoms with Crippen molar-refractivity contribution in [3.63, 3.8) is 0 Å². The third kappa shape index (κ3) is 63.6. The molecule has 7 heteroatoms. The van der Waals surface area contributed by atoms with Gasteiger partial charge in [-0.25, -0.2) is 0 Å². The van der Waals surface area contributed by atoms with Crippen LogP contribution in [0, 0.1) is 11.8 Å². The third-order valence-corrected chi connectivity index (χ3v) is 13.3. The van der Waals surface area contributed by atoms with Crippen molar-refractivity contribution in [3.05, 3.63) is 0 Å². The number of rotatable bonds is 48. The van der Waals surface area contributed by atoms with Gasteiger partial charge in [-0.3, -0.25) is 9.59 Å². The zero-order chi connectivity index (χ0) is 45.5. The molecule has 368 valence electrons. The van der Waals surface area contributed by atoms with E-state index in [1.807, 2.05) is 0 Å². The third-order valence-electron chi connectivity index (χ3n) is 12.3. The van der Waals surface area contributed by atoms with Gasteiger partial charge in [-0.05, 0) is 37.5 Å². The second kappa shape index (κ2) is 59.2. The highest BCUT2D eigenvalue weighted by atomic mass is 32.2. The van der Waals surface area contributed by atoms with Gasteiger partial charge in [0, 0.05) is 24.7 Å². The largest absolute Gasteiger partial charge is 0.481 e. The van der Waals surface area contributed by atoms with Gasteiger partial charge in [0.2, 0.25) is 0 Å². The van der Waals surface area contributed by atoms with Crippen LogP contribution in [0.2, 0.25) is 0 Å². The molecule has 0 bridgehead atoms. The van der Waals surface area contributed by atoms with Gasteiger partial charge >= 0.3 is 11.9 Å². The molecule has 0 aliphatic heterocycles. The standard InChI is InChI=1S/2C24H50O.C6H10O4S/c2*1-3-5-7-9-11-13-14-16-18-20-22-24(23-25)21-19-17-15-12-10-8-6-4-2;7-5(8)1-3-11-4-2-6(9)10/h2*24-25H,3-23H2,1-2H3;1-4H2,(H,7,8)(H,9,10). The van der Waals surface area contributed by atoms with Crippen molar-refractivity contribution < 1.29 is 30.0 Å². The molecule has 0 aromatic rings. The number of unbranched alkanes of at least 4 members (excludes halogenated alkanes) is 32. The second-order valence-electron chi connectivity index (χ2n) is 18.5. The smallest absolute Gasteiger partial charge is 0.304 e. The molecule has 0 saturated carbocycles. The molecule has 0 aliphatic rings. The Kier molecular flexibility index (Phi) is 62.6. The summed E-state index contributed by atoms with van der Waals surface area (Å²) in [6.07, 6.45) is 55.6. The molecule has 61 heavy (non-hydrogen) atoms. The van der Waals surface area contributed by atoms with Gasteiger partial charge in [0.05, 0.1) is 12.8 Å². The highest BCUT2D eigenvalue weighted by Gasteiger charge is 2.08. The Bertz CT molecular complexity index is 746. The number of carboxylic acids is 2. The van der Waals surface area contributed by atoms with E-state index in [2.05, 4.69) is 27.7 Å². The molecule has 0 heterocycles. The predicted octanol–water partition coefficient (Wildman–Crippen LogP) is 17.5. The highest BCUT2D eigenvalue weighted by molar-refractivity contribution is 7.99. The second-order valence-corrected chi connectivity index (χ2v) is 19.7. The van der Waals surface area contributed by atoms with Crippen molar-refractivity contribution in [2.45, 2.75) is 297 Å². The molecule has 0 saturated heterocycles. The number of aliphatic hydroxyl groups excluding tert-OH is 2. The topological polar surface area (TPSA) is 115 Å². The van der Waals surface area contributed by atoms with E-state index in [0.29, 0.717) is 36.6 Å². The quantitative estimate of drug-likeness (QED) is 0.0450. The number of aliphatic hydroxyl groups is 2. The van der Waals surface area contributed by atoms with Crippen molar-refractivity contribution in [3.8, 4) is 0 Å². The molecule has 0 rings (SSSR count). The van der Waals surface area contributed by atoms with Gasteiger partial charge in [0.15, 0.2) is 0 Å². The maximum atomic E-state index is 9.97. The van der Waals surface area contributed by atoms with Crippen LogP contribution in [0.1, 0.15) is 297 Å². The lowest BCUT2D eigenvalue weighted by molar-refractivity contribution is -0.137. The zero-order valence-electron chi connectivity index (χ0n) is 41.7. The van der Waals surface area contributed by atoms with Gasteiger partial charge in [-0.2, -0.15) is 11.8 Å². The number of thioether (sulfide) groups is 1. The minimum absolute atomic E-state index is 0.101. The molecule has 0 amide bonds. The van der Waals surface area contributed by atoms with Crippen molar-refractivity contribution in [1.29, 1.82) is 0 Å². The molecule has 2 unspecified atom stereocenters. The molecule has 0 aromatic carbocycles. The van der Waals surface area contributed by atoms with E-state index in [0.717, 1.165) is 0 Å². The van der Waals surface area contributed by atoms with E-state index in [4.69, 9.17) is 10.2 Å². The molecule has 6 nitrogen and oxygen atoms in total. The lowest BCUT2D eigenvalue weighted by Crippen LogP contribution is -2.06. The van der Waals surface area contributed by atoms with Crippen LogP contribution in [-0.2, 0) is 9.59 Å². The van der Waals surface area contributed by atoms with Crippen molar-refractivity contribution in [2.75, 3.05) is 24.7 Å². The summed E-state index contributed by atoms with van der Waals surface area (Å²) in [5.41, 5.74) is 0. The fourth-order valence-electron chi connectivity index (χ4n) is 8.05. The van der Waals surface area contributed by atoms with Crippen LogP contribution in [0.3, 0.4) is 0 Å². The summed E-state index contributed by atoms with van der Waals surface area (Å²) in [5, 5.41) is 35.5. The first-order chi connectivity index (χ1) is 29.8. The number of carboxylic acid groups (broad SMARTS) is 2. The Balaban J connectivity index is -0.000000889. The lowest BCUT2D eigenvalue weighted by Gasteiger charge is -2.13. The summed E-state index contributed by atoms with van der Waals surface area (Å²) >= 11 is 1.35. The van der Waals surface area contributed by atoms with E-state index >= 15 is 0 Å². The van der Waals surface area contributed by atoms with E-state index < -0.39 is 11.9 Å². The zero-order valence-corrected chi connectivity index (χ0v) is 42.5. The molecule has 0 aromatic heterocycles. The maximum Gasteiger partial charge on any atom is 0.304 e. The Morgan fingerprint density at radius 1 is 0.328 bits per heavy atom. The Hall–Kier alpha value is -0.790. The van der Waals surface area contributed by atoms with E-state index in [1.54, 1.807) is 0 Å². The van der Waals surface area contributed by atoms with E-state index in [1.165, 1.54) is 269 Å². The molecule has 4 N–H and O–H groups in total. The Morgan fingerprint density at radius 2 is 0.508 bits per heavy atom. The molecule has 0 fully saturated rings. The first-order valence-electron chi connectivity index (χ1n) is 27.1. The summed E-state index contributed by atoms with van der Waals surface area (Å²) in [4.78, 5) is 19.9. The molecule has 2 atom stereocenters. The number of hydrogen-bond acceptors (Lipinski definition) is 5. The average molecular weight is 888 g/mol. The summed E-state index contributed by atoms with van der Waals surface area (Å²) < 4.78 is 0. The van der Waals surface area contributed by atoms with Crippen molar-refractivity contribution >= 4 is 23.7 Å². The van der Waals surface area contributed by atoms with Gasteiger partial charge in [-0.1, -0.05) is 259 Å². The fourth-order valence-corrected chi connectivity index (χ4v) is 8.89. The van der Waals surface area contributed by atoms with Crippen LogP contribution in [0.25, 0.3) is 0 Å². The minimum Gasteiger partial charge on any atom is -0.481 e. The van der Waals surface area contributed by atoms with Crippen LogP contribution in [0.15, 0.2) is 0 Å². The SMILES string of the molecule is CCCCCCCCCCCCC(CO)CCCCCCCCCC.CCCCCCCCCCCCC(CO)CCCCCCCCCC.O=C(O)CCSCCC(=O)O. The summed E-state index contributed by atoms with van der Waals surface area (Å²) in [6.45, 7) is 9.96. The molecule has 0 spiro atoms. The molecule has 0 aliphatic carbocycles. The molecule has 0 radical (unpaired) electrons. The van der Waals surface area contributed by atoms with E-state index in [9.17, 15) is 19.8 Å². The van der Waals surface area contributed by atoms with Crippen LogP contribution < -0.4 is 0 Å². The molecular weight excluding hydrogens is 777 g/mol. The van der Waals surface area contributed by atoms with Crippen LogP contribution in [-0.4, -0.2) is 57.1 Å². The van der Waals surface area contributed by atoms with Gasteiger partial charge < -0.3 is 20.4 Å². The van der Waals surface area contributed by atoms with Crippen LogP contribution in [0.4, 0.5) is 0 Å².